The molecule has 2 aromatic rings. The largest absolute Gasteiger partial charge is 0.398 e. The number of amides is 3. The Balaban J connectivity index is 0.00000240. The van der Waals surface area contributed by atoms with Gasteiger partial charge in [0, 0.05) is 36.7 Å². The van der Waals surface area contributed by atoms with E-state index in [1.54, 1.807) is 4.90 Å². The van der Waals surface area contributed by atoms with Gasteiger partial charge in [0.15, 0.2) is 0 Å². The van der Waals surface area contributed by atoms with Gasteiger partial charge in [-0.3, -0.25) is 4.79 Å². The Morgan fingerprint density at radius 3 is 2.59 bits per heavy atom. The number of halogens is 1. The number of piperidine rings is 1. The van der Waals surface area contributed by atoms with Gasteiger partial charge in [0.25, 0.3) is 0 Å². The van der Waals surface area contributed by atoms with E-state index in [-0.39, 0.29) is 30.3 Å². The molecule has 7 heteroatoms. The molecule has 1 unspecified atom stereocenters. The van der Waals surface area contributed by atoms with Crippen molar-refractivity contribution >= 4 is 41.4 Å². The number of nitrogens with zero attached hydrogens (tertiary/aromatic N) is 2. The van der Waals surface area contributed by atoms with E-state index < -0.39 is 0 Å². The molecule has 2 heterocycles. The number of benzene rings is 2. The number of nitrogens with two attached hydrogens (primary N) is 1. The Kier molecular flexibility index (Phi) is 6.64. The highest BCUT2D eigenvalue weighted by atomic mass is 35.5. The van der Waals surface area contributed by atoms with Crippen LogP contribution in [0.4, 0.5) is 21.9 Å². The van der Waals surface area contributed by atoms with Crippen molar-refractivity contribution < 1.29 is 9.59 Å². The molecule has 3 N–H and O–H groups in total. The van der Waals surface area contributed by atoms with E-state index in [4.69, 9.17) is 5.73 Å². The number of anilines is 3. The van der Waals surface area contributed by atoms with E-state index >= 15 is 0 Å². The smallest absolute Gasteiger partial charge is 0.321 e. The van der Waals surface area contributed by atoms with E-state index in [1.165, 1.54) is 0 Å². The molecule has 0 aliphatic carbocycles. The molecule has 0 radical (unpaired) electrons. The first kappa shape index (κ1) is 21.0. The molecule has 154 valence electrons. The molecule has 2 aromatic carbocycles. The van der Waals surface area contributed by atoms with Crippen LogP contribution in [0.3, 0.4) is 0 Å². The van der Waals surface area contributed by atoms with Crippen LogP contribution in [0.1, 0.15) is 24.8 Å². The minimum Gasteiger partial charge on any atom is -0.398 e. The molecule has 1 fully saturated rings. The number of fused-ring (bicyclic) bond motifs is 1. The molecule has 4 rings (SSSR count). The van der Waals surface area contributed by atoms with Gasteiger partial charge in [0.05, 0.1) is 5.92 Å². The lowest BCUT2D eigenvalue weighted by Gasteiger charge is -2.37. The van der Waals surface area contributed by atoms with Crippen LogP contribution in [-0.4, -0.2) is 36.5 Å². The summed E-state index contributed by atoms with van der Waals surface area (Å²) < 4.78 is 0. The zero-order valence-corrected chi connectivity index (χ0v) is 17.2. The number of carbonyl (C=O) groups is 2. The lowest BCUT2D eigenvalue weighted by atomic mass is 9.93. The van der Waals surface area contributed by atoms with Crippen molar-refractivity contribution in [1.82, 2.24) is 4.90 Å². The van der Waals surface area contributed by atoms with E-state index in [2.05, 4.69) is 5.32 Å². The Labute approximate surface area is 177 Å². The lowest BCUT2D eigenvalue weighted by Crippen LogP contribution is -2.49. The number of carbonyl (C=O) groups excluding carboxylic acids is 2. The summed E-state index contributed by atoms with van der Waals surface area (Å²) in [5.74, 6) is -0.0774. The third-order valence-corrected chi connectivity index (χ3v) is 5.64. The molecule has 3 amide bonds. The minimum atomic E-state index is -0.178. The quantitative estimate of drug-likeness (QED) is 0.731. The van der Waals surface area contributed by atoms with Crippen molar-refractivity contribution in [2.45, 2.75) is 25.7 Å². The molecule has 2 aliphatic heterocycles. The fraction of sp³-hybridized carbons (Fsp3) is 0.364. The molecule has 1 atom stereocenters. The second kappa shape index (κ2) is 9.18. The molecule has 0 spiro atoms. The predicted molar refractivity (Wildman–Crippen MR) is 119 cm³/mol. The summed E-state index contributed by atoms with van der Waals surface area (Å²) in [5, 5.41) is 2.92. The molecule has 29 heavy (non-hydrogen) atoms. The number of hydrogen-bond donors (Lipinski definition) is 2. The van der Waals surface area contributed by atoms with Crippen LogP contribution in [0.2, 0.25) is 0 Å². The van der Waals surface area contributed by atoms with Gasteiger partial charge in [-0.2, -0.15) is 0 Å². The average Bonchev–Trinajstić information content (AvgIpc) is 2.74. The van der Waals surface area contributed by atoms with Crippen molar-refractivity contribution in [3.8, 4) is 0 Å². The van der Waals surface area contributed by atoms with Gasteiger partial charge in [-0.25, -0.2) is 4.79 Å². The third-order valence-electron chi connectivity index (χ3n) is 5.64. The van der Waals surface area contributed by atoms with Crippen molar-refractivity contribution in [1.29, 1.82) is 0 Å². The van der Waals surface area contributed by atoms with Crippen LogP contribution in [0.25, 0.3) is 0 Å². The van der Waals surface area contributed by atoms with Gasteiger partial charge in [-0.1, -0.05) is 24.3 Å². The zero-order valence-electron chi connectivity index (χ0n) is 16.3. The maximum Gasteiger partial charge on any atom is 0.321 e. The molecule has 1 saturated heterocycles. The maximum atomic E-state index is 13.3. The van der Waals surface area contributed by atoms with Crippen LogP contribution in [-0.2, 0) is 11.2 Å². The highest BCUT2D eigenvalue weighted by Crippen LogP contribution is 2.33. The first-order valence-electron chi connectivity index (χ1n) is 9.93. The first-order chi connectivity index (χ1) is 13.6. The summed E-state index contributed by atoms with van der Waals surface area (Å²) in [5.41, 5.74) is 9.63. The fourth-order valence-corrected chi connectivity index (χ4v) is 4.19. The SMILES string of the molecule is Cl.Nc1cccc2c1CCCN2C(=O)C1CCCN(C(=O)Nc2ccccc2)C1. The number of urea groups is 1. The van der Waals surface area contributed by atoms with E-state index in [9.17, 15) is 9.59 Å². The van der Waals surface area contributed by atoms with Gasteiger partial charge in [-0.05, 0) is 55.5 Å². The van der Waals surface area contributed by atoms with Gasteiger partial charge < -0.3 is 20.9 Å². The second-order valence-corrected chi connectivity index (χ2v) is 7.52. The second-order valence-electron chi connectivity index (χ2n) is 7.52. The first-order valence-corrected chi connectivity index (χ1v) is 9.93. The van der Waals surface area contributed by atoms with Crippen LogP contribution >= 0.6 is 12.4 Å². The van der Waals surface area contributed by atoms with E-state index in [1.807, 2.05) is 53.4 Å². The molecule has 2 aliphatic rings. The maximum absolute atomic E-state index is 13.3. The highest BCUT2D eigenvalue weighted by Gasteiger charge is 2.33. The molecular weight excluding hydrogens is 388 g/mol. The molecule has 0 bridgehead atoms. The summed E-state index contributed by atoms with van der Waals surface area (Å²) in [4.78, 5) is 29.5. The van der Waals surface area contributed by atoms with E-state index in [0.717, 1.165) is 48.3 Å². The Morgan fingerprint density at radius 2 is 1.79 bits per heavy atom. The number of nitrogen functional groups attached to an aromatic ring is 1. The van der Waals surface area contributed by atoms with Gasteiger partial charge in [0.1, 0.15) is 0 Å². The minimum absolute atomic E-state index is 0. The summed E-state index contributed by atoms with van der Waals surface area (Å²) in [6.07, 6.45) is 3.46. The Bertz CT molecular complexity index is 874. The monoisotopic (exact) mass is 414 g/mol. The lowest BCUT2D eigenvalue weighted by molar-refractivity contribution is -0.123. The number of para-hydroxylation sites is 1. The van der Waals surface area contributed by atoms with Crippen molar-refractivity contribution in [3.63, 3.8) is 0 Å². The number of hydrogen-bond acceptors (Lipinski definition) is 3. The Hall–Kier alpha value is -2.73. The molecule has 6 nitrogen and oxygen atoms in total. The number of likely N-dealkylation sites (tertiary alicyclic amines) is 1. The topological polar surface area (TPSA) is 78.7 Å². The molecular formula is C22H27ClN4O2. The van der Waals surface area contributed by atoms with Crippen LogP contribution in [0.5, 0.6) is 0 Å². The summed E-state index contributed by atoms with van der Waals surface area (Å²) in [7, 11) is 0. The highest BCUT2D eigenvalue weighted by molar-refractivity contribution is 5.98. The number of nitrogens with one attached hydrogen (secondary N) is 1. The van der Waals surface area contributed by atoms with Gasteiger partial charge in [0.2, 0.25) is 5.91 Å². The Morgan fingerprint density at radius 1 is 1.00 bits per heavy atom. The normalized spacial score (nSPS) is 18.4. The van der Waals surface area contributed by atoms with Gasteiger partial charge in [-0.15, -0.1) is 12.4 Å². The number of rotatable bonds is 2. The van der Waals surface area contributed by atoms with E-state index in [0.29, 0.717) is 19.6 Å². The summed E-state index contributed by atoms with van der Waals surface area (Å²) in [6, 6.07) is 15.0. The third kappa shape index (κ3) is 4.48. The molecule has 0 aromatic heterocycles. The summed E-state index contributed by atoms with van der Waals surface area (Å²) >= 11 is 0. The average molecular weight is 415 g/mol. The standard InChI is InChI=1S/C22H26N4O2.ClH/c23-19-11-4-12-20-18(19)10-6-14-26(20)21(27)16-7-5-13-25(15-16)22(28)24-17-8-2-1-3-9-17;/h1-4,8-9,11-12,16H,5-7,10,13-15,23H2,(H,24,28);1H. The van der Waals surface area contributed by atoms with Crippen molar-refractivity contribution in [2.75, 3.05) is 35.6 Å². The fourth-order valence-electron chi connectivity index (χ4n) is 4.19. The predicted octanol–water partition coefficient (Wildman–Crippen LogP) is 3.91. The van der Waals surface area contributed by atoms with Crippen molar-refractivity contribution in [3.05, 3.63) is 54.1 Å². The van der Waals surface area contributed by atoms with Crippen LogP contribution in [0.15, 0.2) is 48.5 Å². The zero-order chi connectivity index (χ0) is 19.5. The molecule has 0 saturated carbocycles. The van der Waals surface area contributed by atoms with Gasteiger partial charge >= 0.3 is 6.03 Å². The summed E-state index contributed by atoms with van der Waals surface area (Å²) in [6.45, 7) is 1.83. The van der Waals surface area contributed by atoms with Crippen LogP contribution < -0.4 is 16.0 Å². The van der Waals surface area contributed by atoms with Crippen LogP contribution in [0, 0.1) is 5.92 Å². The van der Waals surface area contributed by atoms with Crippen molar-refractivity contribution in [2.24, 2.45) is 5.92 Å².